The minimum absolute atomic E-state index is 0.0884. The van der Waals surface area contributed by atoms with E-state index in [1.54, 1.807) is 24.4 Å². The van der Waals surface area contributed by atoms with Gasteiger partial charge in [0.1, 0.15) is 23.6 Å². The number of rotatable bonds is 12. The topological polar surface area (TPSA) is 167 Å². The van der Waals surface area contributed by atoms with Crippen molar-refractivity contribution in [2.75, 3.05) is 5.32 Å². The summed E-state index contributed by atoms with van der Waals surface area (Å²) in [7, 11) is 0. The first-order chi connectivity index (χ1) is 27.6. The van der Waals surface area contributed by atoms with Gasteiger partial charge in [0, 0.05) is 58.5 Å². The van der Waals surface area contributed by atoms with Gasteiger partial charge >= 0.3 is 0 Å². The fourth-order valence-corrected chi connectivity index (χ4v) is 7.67. The monoisotopic (exact) mass is 803 g/mol. The van der Waals surface area contributed by atoms with Crippen LogP contribution in [-0.4, -0.2) is 63.0 Å². The number of hydrogen-bond acceptors (Lipinski definition) is 9. The van der Waals surface area contributed by atoms with Crippen molar-refractivity contribution < 1.29 is 14.4 Å². The number of anilines is 1. The van der Waals surface area contributed by atoms with Crippen molar-refractivity contribution in [1.82, 2.24) is 44.9 Å². The Balaban J connectivity index is 0.831. The average Bonchev–Trinajstić information content (AvgIpc) is 3.95. The number of nitrogens with zero attached hydrogens (tertiary/aromatic N) is 9. The van der Waals surface area contributed by atoms with Gasteiger partial charge in [-0.2, -0.15) is 5.10 Å². The zero-order valence-electron chi connectivity index (χ0n) is 31.3. The summed E-state index contributed by atoms with van der Waals surface area (Å²) in [5.41, 5.74) is 7.52. The van der Waals surface area contributed by atoms with Crippen molar-refractivity contribution in [2.24, 2.45) is 4.99 Å². The van der Waals surface area contributed by atoms with Gasteiger partial charge in [0.25, 0.3) is 5.91 Å². The minimum atomic E-state index is -0.609. The molecule has 6 aromatic rings. The molecule has 16 heteroatoms. The Bertz CT molecular complexity index is 2520. The fourth-order valence-electron chi connectivity index (χ4n) is 7.26. The maximum Gasteiger partial charge on any atom is 0.251 e. The lowest BCUT2D eigenvalue weighted by Gasteiger charge is -2.20. The van der Waals surface area contributed by atoms with Crippen LogP contribution in [0.5, 0.6) is 0 Å². The Kier molecular flexibility index (Phi) is 10.8. The van der Waals surface area contributed by atoms with Crippen LogP contribution in [0.25, 0.3) is 28.1 Å². The molecule has 2 aliphatic heterocycles. The van der Waals surface area contributed by atoms with E-state index in [9.17, 15) is 14.4 Å². The maximum atomic E-state index is 12.7. The highest BCUT2D eigenvalue weighted by Crippen LogP contribution is 2.34. The van der Waals surface area contributed by atoms with E-state index in [0.717, 1.165) is 77.5 Å². The summed E-state index contributed by atoms with van der Waals surface area (Å²) in [6.45, 7) is 4.75. The summed E-state index contributed by atoms with van der Waals surface area (Å²) in [5, 5.41) is 28.0. The summed E-state index contributed by atoms with van der Waals surface area (Å²) in [5.74, 6) is 0.808. The second kappa shape index (κ2) is 16.2. The number of fused-ring (bicyclic) bond motifs is 3. The first-order valence-electron chi connectivity index (χ1n) is 18.9. The molecule has 0 spiro atoms. The second-order valence-electron chi connectivity index (χ2n) is 14.3. The molecule has 5 heterocycles. The molecule has 0 aliphatic carbocycles. The molecule has 2 aliphatic rings. The molecule has 1 unspecified atom stereocenters. The number of aromatic nitrogens is 8. The molecule has 3 aromatic carbocycles. The van der Waals surface area contributed by atoms with Gasteiger partial charge in [-0.1, -0.05) is 59.5 Å². The number of piperidine rings is 1. The molecule has 1 saturated heterocycles. The van der Waals surface area contributed by atoms with Crippen LogP contribution in [0.1, 0.15) is 86.7 Å². The zero-order valence-corrected chi connectivity index (χ0v) is 32.8. The third kappa shape index (κ3) is 8.14. The van der Waals surface area contributed by atoms with Crippen LogP contribution in [0.4, 0.5) is 5.69 Å². The Labute approximate surface area is 338 Å². The fraction of sp³-hybridized carbons (Fsp3) is 0.293. The molecule has 14 nitrogen and oxygen atoms in total. The van der Waals surface area contributed by atoms with Gasteiger partial charge in [0.2, 0.25) is 11.8 Å². The summed E-state index contributed by atoms with van der Waals surface area (Å²) in [6, 6.07) is 18.5. The number of imide groups is 1. The van der Waals surface area contributed by atoms with E-state index in [-0.39, 0.29) is 24.3 Å². The molecule has 0 bridgehead atoms. The molecular formula is C41H39Cl2N11O3. The van der Waals surface area contributed by atoms with Crippen molar-refractivity contribution in [2.45, 2.75) is 77.4 Å². The molecule has 290 valence electrons. The highest BCUT2D eigenvalue weighted by Gasteiger charge is 2.30. The standard InChI is InChI=1S/C41H39Cl2N11O3/c1-24-40-50-48-25(2)54(40)35-15-10-27(19-32(35)39(45-24)26-8-11-29(42)12-9-26)28-21-44-52(22-28)18-6-4-3-5-7-37(55)46-30-13-14-31(33(43)20-30)34-23-53(51-49-34)36-16-17-38(56)47-41(36)57/h8-15,19-24,36H,3-7,16-18H2,1-2H3,(H,46,55)(H,47,56,57)/t24-,36?/m0/s1. The molecule has 8 rings (SSSR count). The third-order valence-electron chi connectivity index (χ3n) is 10.2. The van der Waals surface area contributed by atoms with Crippen LogP contribution < -0.4 is 10.6 Å². The Morgan fingerprint density at radius 2 is 1.70 bits per heavy atom. The highest BCUT2D eigenvalue weighted by atomic mass is 35.5. The number of carbonyl (C=O) groups is 3. The van der Waals surface area contributed by atoms with Crippen molar-refractivity contribution in [3.63, 3.8) is 0 Å². The molecule has 2 atom stereocenters. The molecule has 3 aromatic heterocycles. The van der Waals surface area contributed by atoms with Gasteiger partial charge in [-0.15, -0.1) is 15.3 Å². The van der Waals surface area contributed by atoms with E-state index in [0.29, 0.717) is 39.8 Å². The number of halogens is 2. The van der Waals surface area contributed by atoms with E-state index in [2.05, 4.69) is 65.2 Å². The highest BCUT2D eigenvalue weighted by molar-refractivity contribution is 6.33. The number of benzene rings is 3. The van der Waals surface area contributed by atoms with Crippen LogP contribution in [0.15, 0.2) is 84.2 Å². The lowest BCUT2D eigenvalue weighted by Crippen LogP contribution is -2.41. The van der Waals surface area contributed by atoms with Gasteiger partial charge in [-0.3, -0.25) is 33.9 Å². The lowest BCUT2D eigenvalue weighted by molar-refractivity contribution is -0.136. The predicted molar refractivity (Wildman–Crippen MR) is 216 cm³/mol. The Morgan fingerprint density at radius 1 is 0.895 bits per heavy atom. The molecule has 3 amide bonds. The summed E-state index contributed by atoms with van der Waals surface area (Å²) >= 11 is 12.8. The quantitative estimate of drug-likeness (QED) is 0.0949. The average molecular weight is 805 g/mol. The second-order valence-corrected chi connectivity index (χ2v) is 15.1. The number of nitrogens with one attached hydrogen (secondary N) is 2. The van der Waals surface area contributed by atoms with Crippen LogP contribution in [0.2, 0.25) is 10.0 Å². The minimum Gasteiger partial charge on any atom is -0.326 e. The molecular weight excluding hydrogens is 765 g/mol. The molecule has 2 N–H and O–H groups in total. The van der Waals surface area contributed by atoms with Crippen molar-refractivity contribution in [1.29, 1.82) is 0 Å². The lowest BCUT2D eigenvalue weighted by atomic mass is 9.96. The normalized spacial score (nSPS) is 16.4. The maximum absolute atomic E-state index is 12.7. The van der Waals surface area contributed by atoms with Crippen LogP contribution >= 0.6 is 23.2 Å². The molecule has 1 fully saturated rings. The summed E-state index contributed by atoms with van der Waals surface area (Å²) < 4.78 is 5.49. The third-order valence-corrected chi connectivity index (χ3v) is 10.8. The summed E-state index contributed by atoms with van der Waals surface area (Å²) in [6.07, 6.45) is 10.1. The number of aryl methyl sites for hydroxylation is 2. The van der Waals surface area contributed by atoms with Crippen LogP contribution in [0, 0.1) is 6.92 Å². The molecule has 0 saturated carbocycles. The number of amides is 3. The Morgan fingerprint density at radius 3 is 2.51 bits per heavy atom. The molecule has 57 heavy (non-hydrogen) atoms. The van der Waals surface area contributed by atoms with E-state index in [4.69, 9.17) is 28.2 Å². The predicted octanol–water partition coefficient (Wildman–Crippen LogP) is 7.48. The van der Waals surface area contributed by atoms with Gasteiger partial charge < -0.3 is 5.32 Å². The first kappa shape index (κ1) is 37.9. The SMILES string of the molecule is Cc1nnc2n1-c1ccc(-c3cnn(CCCCCCC(=O)Nc4ccc(-c5cn(C6CCC(=O)NC6=O)nn5)c(Cl)c4)c3)cc1C(c1ccc(Cl)cc1)=N[C@H]2C. The van der Waals surface area contributed by atoms with E-state index in [1.165, 1.54) is 4.68 Å². The smallest absolute Gasteiger partial charge is 0.251 e. The van der Waals surface area contributed by atoms with E-state index >= 15 is 0 Å². The van der Waals surface area contributed by atoms with Crippen LogP contribution in [-0.2, 0) is 20.9 Å². The van der Waals surface area contributed by atoms with Crippen LogP contribution in [0.3, 0.4) is 0 Å². The van der Waals surface area contributed by atoms with Crippen molar-refractivity contribution >= 4 is 52.3 Å². The van der Waals surface area contributed by atoms with Gasteiger partial charge in [0.05, 0.1) is 28.8 Å². The molecule has 0 radical (unpaired) electrons. The zero-order chi connectivity index (χ0) is 39.6. The number of carbonyl (C=O) groups excluding carboxylic acids is 3. The number of aliphatic imine (C=N–C) groups is 1. The van der Waals surface area contributed by atoms with E-state index < -0.39 is 11.9 Å². The van der Waals surface area contributed by atoms with Gasteiger partial charge in [-0.05, 0) is 81.1 Å². The largest absolute Gasteiger partial charge is 0.326 e. The van der Waals surface area contributed by atoms with E-state index in [1.807, 2.05) is 49.0 Å². The van der Waals surface area contributed by atoms with Gasteiger partial charge in [0.15, 0.2) is 5.82 Å². The van der Waals surface area contributed by atoms with Crippen molar-refractivity contribution in [3.05, 3.63) is 112 Å². The first-order valence-corrected chi connectivity index (χ1v) is 19.7. The van der Waals surface area contributed by atoms with Gasteiger partial charge in [-0.25, -0.2) is 4.68 Å². The number of unbranched alkanes of at least 4 members (excludes halogenated alkanes) is 3. The number of hydrogen-bond donors (Lipinski definition) is 2. The van der Waals surface area contributed by atoms with Crippen molar-refractivity contribution in [3.8, 4) is 28.1 Å². The Hall–Kier alpha value is -5.99. The summed E-state index contributed by atoms with van der Waals surface area (Å²) in [4.78, 5) is 41.6.